The number of carbonyl (C=O) groups is 3. The van der Waals surface area contributed by atoms with E-state index in [1.807, 2.05) is 0 Å². The van der Waals surface area contributed by atoms with Crippen LogP contribution in [0, 0.1) is 0 Å². The van der Waals surface area contributed by atoms with Crippen LogP contribution in [-0.4, -0.2) is 47.6 Å². The van der Waals surface area contributed by atoms with Crippen LogP contribution in [0.15, 0.2) is 48.8 Å². The zero-order valence-corrected chi connectivity index (χ0v) is 12.4. The molecule has 23 heavy (non-hydrogen) atoms. The number of hydrogen-bond donors (Lipinski definition) is 0. The maximum absolute atomic E-state index is 12.4. The fraction of sp³-hybridized carbons (Fsp3) is 0.176. The van der Waals surface area contributed by atoms with Crippen LogP contribution in [0.4, 0.5) is 5.69 Å². The number of aldehydes is 1. The summed E-state index contributed by atoms with van der Waals surface area (Å²) < 4.78 is 0. The van der Waals surface area contributed by atoms with Crippen LogP contribution in [-0.2, 0) is 4.79 Å². The largest absolute Gasteiger partial charge is 0.328 e. The first-order valence-corrected chi connectivity index (χ1v) is 7.24. The van der Waals surface area contributed by atoms with E-state index in [-0.39, 0.29) is 18.4 Å². The van der Waals surface area contributed by atoms with Crippen molar-refractivity contribution in [2.24, 2.45) is 0 Å². The molecular formula is C17H15N3O3. The van der Waals surface area contributed by atoms with Crippen molar-refractivity contribution in [2.75, 3.05) is 24.5 Å². The number of benzene rings is 1. The molecule has 1 fully saturated rings. The van der Waals surface area contributed by atoms with Crippen molar-refractivity contribution in [2.45, 2.75) is 0 Å². The zero-order valence-electron chi connectivity index (χ0n) is 12.4. The highest BCUT2D eigenvalue weighted by atomic mass is 16.2. The first-order chi connectivity index (χ1) is 11.2. The second kappa shape index (κ2) is 6.39. The van der Waals surface area contributed by atoms with E-state index in [4.69, 9.17) is 0 Å². The van der Waals surface area contributed by atoms with Crippen LogP contribution >= 0.6 is 0 Å². The van der Waals surface area contributed by atoms with Crippen molar-refractivity contribution in [1.29, 1.82) is 0 Å². The van der Waals surface area contributed by atoms with E-state index >= 15 is 0 Å². The Labute approximate surface area is 133 Å². The number of pyridine rings is 1. The first-order valence-electron chi connectivity index (χ1n) is 7.24. The second-order valence-corrected chi connectivity index (χ2v) is 5.22. The molecule has 0 spiro atoms. The van der Waals surface area contributed by atoms with Crippen molar-refractivity contribution in [3.63, 3.8) is 0 Å². The topological polar surface area (TPSA) is 70.6 Å². The summed E-state index contributed by atoms with van der Waals surface area (Å²) in [5.41, 5.74) is 1.82. The first kappa shape index (κ1) is 14.9. The number of carbonyl (C=O) groups excluding carboxylic acids is 3. The molecule has 6 heteroatoms. The summed E-state index contributed by atoms with van der Waals surface area (Å²) >= 11 is 0. The Bertz CT molecular complexity index is 729. The van der Waals surface area contributed by atoms with Gasteiger partial charge in [0.15, 0.2) is 0 Å². The van der Waals surface area contributed by atoms with Gasteiger partial charge in [0.25, 0.3) is 5.91 Å². The highest BCUT2D eigenvalue weighted by Crippen LogP contribution is 2.18. The number of amides is 2. The second-order valence-electron chi connectivity index (χ2n) is 5.22. The Kier molecular flexibility index (Phi) is 4.14. The van der Waals surface area contributed by atoms with Crippen LogP contribution < -0.4 is 4.90 Å². The molecule has 6 nitrogen and oxygen atoms in total. The molecule has 0 atom stereocenters. The van der Waals surface area contributed by atoms with Crippen LogP contribution in [0.3, 0.4) is 0 Å². The SMILES string of the molecule is O=Cc1ccc(N2CCN(C(=O)c3ccncc3)CC2=O)cc1. The van der Waals surface area contributed by atoms with Gasteiger partial charge < -0.3 is 9.80 Å². The van der Waals surface area contributed by atoms with Gasteiger partial charge in [-0.2, -0.15) is 0 Å². The van der Waals surface area contributed by atoms with E-state index < -0.39 is 0 Å². The molecule has 1 saturated heterocycles. The average Bonchev–Trinajstić information content (AvgIpc) is 2.62. The van der Waals surface area contributed by atoms with Crippen molar-refractivity contribution in [3.8, 4) is 0 Å². The summed E-state index contributed by atoms with van der Waals surface area (Å²) in [6, 6.07) is 10.1. The molecule has 116 valence electrons. The fourth-order valence-electron chi connectivity index (χ4n) is 2.53. The monoisotopic (exact) mass is 309 g/mol. The number of piperazine rings is 1. The summed E-state index contributed by atoms with van der Waals surface area (Å²) in [7, 11) is 0. The molecule has 1 aromatic heterocycles. The Morgan fingerprint density at radius 2 is 1.74 bits per heavy atom. The van der Waals surface area contributed by atoms with Crippen molar-refractivity contribution in [3.05, 3.63) is 59.9 Å². The number of aromatic nitrogens is 1. The zero-order chi connectivity index (χ0) is 16.2. The minimum atomic E-state index is -0.170. The predicted octanol–water partition coefficient (Wildman–Crippen LogP) is 1.38. The summed E-state index contributed by atoms with van der Waals surface area (Å²) in [6.45, 7) is 0.926. The quantitative estimate of drug-likeness (QED) is 0.803. The van der Waals surface area contributed by atoms with E-state index in [1.54, 1.807) is 53.7 Å². The van der Waals surface area contributed by atoms with E-state index in [2.05, 4.69) is 4.98 Å². The van der Waals surface area contributed by atoms with Gasteiger partial charge in [0.05, 0.1) is 0 Å². The maximum Gasteiger partial charge on any atom is 0.254 e. The van der Waals surface area contributed by atoms with Gasteiger partial charge in [-0.3, -0.25) is 19.4 Å². The molecule has 1 aromatic carbocycles. The lowest BCUT2D eigenvalue weighted by Gasteiger charge is -2.34. The third-order valence-electron chi connectivity index (χ3n) is 3.78. The smallest absolute Gasteiger partial charge is 0.254 e. The minimum absolute atomic E-state index is 0.0383. The van der Waals surface area contributed by atoms with Crippen LogP contribution in [0.25, 0.3) is 0 Å². The molecule has 0 N–H and O–H groups in total. The highest BCUT2D eigenvalue weighted by Gasteiger charge is 2.28. The van der Waals surface area contributed by atoms with Gasteiger partial charge in [-0.1, -0.05) is 0 Å². The highest BCUT2D eigenvalue weighted by molar-refractivity contribution is 6.01. The molecule has 0 aliphatic carbocycles. The van der Waals surface area contributed by atoms with Gasteiger partial charge >= 0.3 is 0 Å². The van der Waals surface area contributed by atoms with Crippen LogP contribution in [0.1, 0.15) is 20.7 Å². The summed E-state index contributed by atoms with van der Waals surface area (Å²) in [5, 5.41) is 0. The Hall–Kier alpha value is -3.02. The predicted molar refractivity (Wildman–Crippen MR) is 84.3 cm³/mol. The maximum atomic E-state index is 12.4. The normalized spacial score (nSPS) is 14.7. The molecule has 2 heterocycles. The Morgan fingerprint density at radius 1 is 1.04 bits per heavy atom. The Morgan fingerprint density at radius 3 is 2.35 bits per heavy atom. The van der Waals surface area contributed by atoms with Gasteiger partial charge in [-0.05, 0) is 36.4 Å². The van der Waals surface area contributed by atoms with E-state index in [1.165, 1.54) is 4.90 Å². The molecule has 1 aliphatic heterocycles. The van der Waals surface area contributed by atoms with Gasteiger partial charge in [-0.25, -0.2) is 0 Å². The van der Waals surface area contributed by atoms with Crippen LogP contribution in [0.5, 0.6) is 0 Å². The number of nitrogens with zero attached hydrogens (tertiary/aromatic N) is 3. The van der Waals surface area contributed by atoms with E-state index in [9.17, 15) is 14.4 Å². The molecule has 0 bridgehead atoms. The average molecular weight is 309 g/mol. The lowest BCUT2D eigenvalue weighted by Crippen LogP contribution is -2.52. The molecule has 0 saturated carbocycles. The van der Waals surface area contributed by atoms with Gasteiger partial charge in [-0.15, -0.1) is 0 Å². The molecular weight excluding hydrogens is 294 g/mol. The van der Waals surface area contributed by atoms with Gasteiger partial charge in [0.1, 0.15) is 12.8 Å². The number of rotatable bonds is 3. The van der Waals surface area contributed by atoms with Crippen molar-refractivity contribution >= 4 is 23.8 Å². The summed E-state index contributed by atoms with van der Waals surface area (Å²) in [4.78, 5) is 42.4. The third kappa shape index (κ3) is 3.11. The lowest BCUT2D eigenvalue weighted by atomic mass is 10.1. The lowest BCUT2D eigenvalue weighted by molar-refractivity contribution is -0.120. The van der Waals surface area contributed by atoms with Gasteiger partial charge in [0.2, 0.25) is 5.91 Å². The molecule has 0 unspecified atom stereocenters. The van der Waals surface area contributed by atoms with Crippen LogP contribution in [0.2, 0.25) is 0 Å². The molecule has 3 rings (SSSR count). The standard InChI is InChI=1S/C17H15N3O3/c21-12-13-1-3-15(4-2-13)20-10-9-19(11-16(20)22)17(23)14-5-7-18-8-6-14/h1-8,12H,9-11H2. The molecule has 1 aliphatic rings. The summed E-state index contributed by atoms with van der Waals surface area (Å²) in [6.07, 6.45) is 3.87. The number of hydrogen-bond acceptors (Lipinski definition) is 4. The third-order valence-corrected chi connectivity index (χ3v) is 3.78. The van der Waals surface area contributed by atoms with Crippen molar-refractivity contribution in [1.82, 2.24) is 9.88 Å². The van der Waals surface area contributed by atoms with E-state index in [0.29, 0.717) is 24.2 Å². The molecule has 0 radical (unpaired) electrons. The fourth-order valence-corrected chi connectivity index (χ4v) is 2.53. The minimum Gasteiger partial charge on any atom is -0.328 e. The van der Waals surface area contributed by atoms with E-state index in [0.717, 1.165) is 12.0 Å². The van der Waals surface area contributed by atoms with Gasteiger partial charge in [0, 0.05) is 42.3 Å². The summed E-state index contributed by atoms with van der Waals surface area (Å²) in [5.74, 6) is -0.311. The number of anilines is 1. The molecule has 2 aromatic rings. The molecule has 2 amide bonds. The van der Waals surface area contributed by atoms with Crippen molar-refractivity contribution < 1.29 is 14.4 Å². The Balaban J connectivity index is 1.70.